The Morgan fingerprint density at radius 3 is 2.33 bits per heavy atom. The van der Waals surface area contributed by atoms with Crippen molar-refractivity contribution >= 4 is 12.1 Å². The van der Waals surface area contributed by atoms with E-state index in [1.165, 1.54) is 19.4 Å². The van der Waals surface area contributed by atoms with E-state index in [1.54, 1.807) is 43.5 Å². The van der Waals surface area contributed by atoms with Crippen LogP contribution < -0.4 is 19.6 Å². The summed E-state index contributed by atoms with van der Waals surface area (Å²) in [6.45, 7) is -0.182. The van der Waals surface area contributed by atoms with Gasteiger partial charge in [0.1, 0.15) is 23.0 Å². The zero-order chi connectivity index (χ0) is 17.4. The first-order chi connectivity index (χ1) is 11.6. The first kappa shape index (κ1) is 17.1. The monoisotopic (exact) mass is 330 g/mol. The van der Waals surface area contributed by atoms with Crippen LogP contribution in [0, 0.1) is 0 Å². The molecular formula is C17H18N2O5. The van der Waals surface area contributed by atoms with Crippen LogP contribution in [0.1, 0.15) is 5.56 Å². The van der Waals surface area contributed by atoms with Gasteiger partial charge < -0.3 is 19.3 Å². The number of carbonyl (C=O) groups excluding carboxylic acids is 1. The Morgan fingerprint density at radius 2 is 1.71 bits per heavy atom. The molecule has 0 radical (unpaired) electrons. The Labute approximate surface area is 139 Å². The van der Waals surface area contributed by atoms with Crippen molar-refractivity contribution in [3.63, 3.8) is 0 Å². The van der Waals surface area contributed by atoms with Gasteiger partial charge in [-0.2, -0.15) is 5.10 Å². The number of benzene rings is 2. The highest BCUT2D eigenvalue weighted by Crippen LogP contribution is 2.21. The van der Waals surface area contributed by atoms with Crippen LogP contribution in [0.4, 0.5) is 0 Å². The number of carbonyl (C=O) groups is 1. The van der Waals surface area contributed by atoms with Gasteiger partial charge in [-0.1, -0.05) is 0 Å². The fraction of sp³-hybridized carbons (Fsp3) is 0.176. The summed E-state index contributed by atoms with van der Waals surface area (Å²) in [5.74, 6) is 1.36. The number of nitrogens with one attached hydrogen (secondary N) is 1. The van der Waals surface area contributed by atoms with E-state index in [-0.39, 0.29) is 12.4 Å². The van der Waals surface area contributed by atoms with E-state index < -0.39 is 5.91 Å². The van der Waals surface area contributed by atoms with Gasteiger partial charge in [0.25, 0.3) is 5.91 Å². The van der Waals surface area contributed by atoms with Gasteiger partial charge in [0.15, 0.2) is 6.61 Å². The molecule has 0 heterocycles. The van der Waals surface area contributed by atoms with Crippen LogP contribution in [0.3, 0.4) is 0 Å². The Balaban J connectivity index is 1.81. The van der Waals surface area contributed by atoms with Crippen LogP contribution in [0.5, 0.6) is 23.0 Å². The van der Waals surface area contributed by atoms with Crippen molar-refractivity contribution in [3.8, 4) is 23.0 Å². The number of hydrogen-bond donors (Lipinski definition) is 2. The molecule has 0 bridgehead atoms. The largest absolute Gasteiger partial charge is 0.507 e. The molecule has 0 fully saturated rings. The molecule has 0 atom stereocenters. The Hall–Kier alpha value is -3.22. The zero-order valence-electron chi connectivity index (χ0n) is 13.4. The minimum absolute atomic E-state index is 0.00170. The average molecular weight is 330 g/mol. The predicted molar refractivity (Wildman–Crippen MR) is 88.9 cm³/mol. The van der Waals surface area contributed by atoms with Crippen molar-refractivity contribution in [2.24, 2.45) is 5.10 Å². The molecule has 0 saturated heterocycles. The number of nitrogens with zero attached hydrogens (tertiary/aromatic N) is 1. The third-order valence-electron chi connectivity index (χ3n) is 3.06. The molecule has 0 aliphatic rings. The summed E-state index contributed by atoms with van der Waals surface area (Å²) in [5.41, 5.74) is 2.77. The van der Waals surface area contributed by atoms with E-state index in [0.717, 1.165) is 0 Å². The molecule has 0 spiro atoms. The zero-order valence-corrected chi connectivity index (χ0v) is 13.4. The minimum Gasteiger partial charge on any atom is -0.507 e. The SMILES string of the molecule is COc1ccc(OCC(=O)NN=Cc2ccc(OC)cc2O)cc1. The normalized spacial score (nSPS) is 10.4. The number of aromatic hydroxyl groups is 1. The number of rotatable bonds is 7. The number of phenolic OH excluding ortho intramolecular Hbond substituents is 1. The lowest BCUT2D eigenvalue weighted by Gasteiger charge is -2.06. The second-order valence-electron chi connectivity index (χ2n) is 4.68. The molecule has 2 aromatic carbocycles. The summed E-state index contributed by atoms with van der Waals surface area (Å²) < 4.78 is 15.3. The van der Waals surface area contributed by atoms with Crippen LogP contribution in [-0.4, -0.2) is 38.1 Å². The Bertz CT molecular complexity index is 713. The van der Waals surface area contributed by atoms with Crippen LogP contribution in [0.15, 0.2) is 47.6 Å². The van der Waals surface area contributed by atoms with Gasteiger partial charge in [0.2, 0.25) is 0 Å². The lowest BCUT2D eigenvalue weighted by molar-refractivity contribution is -0.123. The third kappa shape index (κ3) is 4.91. The molecular weight excluding hydrogens is 312 g/mol. The van der Waals surface area contributed by atoms with Crippen molar-refractivity contribution in [1.29, 1.82) is 0 Å². The van der Waals surface area contributed by atoms with E-state index in [0.29, 0.717) is 22.8 Å². The van der Waals surface area contributed by atoms with Crippen LogP contribution in [0.2, 0.25) is 0 Å². The number of hydrogen-bond acceptors (Lipinski definition) is 6. The van der Waals surface area contributed by atoms with Crippen LogP contribution in [0.25, 0.3) is 0 Å². The number of hydrazone groups is 1. The number of ether oxygens (including phenoxy) is 3. The smallest absolute Gasteiger partial charge is 0.277 e. The maximum atomic E-state index is 11.7. The summed E-state index contributed by atoms with van der Waals surface area (Å²) >= 11 is 0. The van der Waals surface area contributed by atoms with Crippen molar-refractivity contribution in [1.82, 2.24) is 5.43 Å². The summed E-state index contributed by atoms with van der Waals surface area (Å²) in [4.78, 5) is 11.7. The molecule has 0 saturated carbocycles. The summed E-state index contributed by atoms with van der Waals surface area (Å²) in [6.07, 6.45) is 1.33. The van der Waals surface area contributed by atoms with Crippen molar-refractivity contribution in [2.45, 2.75) is 0 Å². The van der Waals surface area contributed by atoms with Crippen molar-refractivity contribution in [2.75, 3.05) is 20.8 Å². The Morgan fingerprint density at radius 1 is 1.08 bits per heavy atom. The van der Waals surface area contributed by atoms with Gasteiger partial charge in [-0.05, 0) is 36.4 Å². The molecule has 7 heteroatoms. The quantitative estimate of drug-likeness (QED) is 0.598. The second-order valence-corrected chi connectivity index (χ2v) is 4.68. The lowest BCUT2D eigenvalue weighted by Crippen LogP contribution is -2.24. The van der Waals surface area contributed by atoms with Gasteiger partial charge >= 0.3 is 0 Å². The molecule has 24 heavy (non-hydrogen) atoms. The van der Waals surface area contributed by atoms with Crippen molar-refractivity contribution < 1.29 is 24.1 Å². The van der Waals surface area contributed by atoms with E-state index >= 15 is 0 Å². The topological polar surface area (TPSA) is 89.4 Å². The number of amides is 1. The highest BCUT2D eigenvalue weighted by molar-refractivity contribution is 5.85. The second kappa shape index (κ2) is 8.42. The van der Waals surface area contributed by atoms with Gasteiger partial charge in [-0.3, -0.25) is 4.79 Å². The predicted octanol–water partition coefficient (Wildman–Crippen LogP) is 1.94. The minimum atomic E-state index is -0.421. The lowest BCUT2D eigenvalue weighted by atomic mass is 10.2. The van der Waals surface area contributed by atoms with Crippen molar-refractivity contribution in [3.05, 3.63) is 48.0 Å². The fourth-order valence-corrected chi connectivity index (χ4v) is 1.79. The highest BCUT2D eigenvalue weighted by Gasteiger charge is 2.03. The summed E-state index contributed by atoms with van der Waals surface area (Å²) in [6, 6.07) is 11.6. The van der Waals surface area contributed by atoms with E-state index in [9.17, 15) is 9.90 Å². The average Bonchev–Trinajstić information content (AvgIpc) is 2.61. The van der Waals surface area contributed by atoms with Gasteiger partial charge in [0.05, 0.1) is 20.4 Å². The third-order valence-corrected chi connectivity index (χ3v) is 3.06. The van der Waals surface area contributed by atoms with Gasteiger partial charge in [-0.25, -0.2) is 5.43 Å². The fourth-order valence-electron chi connectivity index (χ4n) is 1.79. The molecule has 2 N–H and O–H groups in total. The van der Waals surface area contributed by atoms with Crippen LogP contribution >= 0.6 is 0 Å². The molecule has 2 aromatic rings. The maximum Gasteiger partial charge on any atom is 0.277 e. The molecule has 2 rings (SSSR count). The number of methoxy groups -OCH3 is 2. The Kier molecular flexibility index (Phi) is 6.01. The molecule has 7 nitrogen and oxygen atoms in total. The molecule has 0 unspecified atom stereocenters. The highest BCUT2D eigenvalue weighted by atomic mass is 16.5. The first-order valence-corrected chi connectivity index (χ1v) is 7.08. The molecule has 126 valence electrons. The molecule has 0 aliphatic carbocycles. The van der Waals surface area contributed by atoms with Gasteiger partial charge in [-0.15, -0.1) is 0 Å². The summed E-state index contributed by atoms with van der Waals surface area (Å²) in [5, 5.41) is 13.5. The van der Waals surface area contributed by atoms with E-state index in [2.05, 4.69) is 10.5 Å². The maximum absolute atomic E-state index is 11.7. The van der Waals surface area contributed by atoms with Gasteiger partial charge in [0, 0.05) is 11.6 Å². The summed E-state index contributed by atoms with van der Waals surface area (Å²) in [7, 11) is 3.08. The molecule has 1 amide bonds. The van der Waals surface area contributed by atoms with Crippen LogP contribution in [-0.2, 0) is 4.79 Å². The van der Waals surface area contributed by atoms with E-state index in [1.807, 2.05) is 0 Å². The molecule has 0 aromatic heterocycles. The molecule has 0 aliphatic heterocycles. The van der Waals surface area contributed by atoms with E-state index in [4.69, 9.17) is 14.2 Å². The first-order valence-electron chi connectivity index (χ1n) is 7.08. The standard InChI is InChI=1S/C17H18N2O5/c1-22-13-5-7-14(8-6-13)24-11-17(21)19-18-10-12-3-4-15(23-2)9-16(12)20/h3-10,20H,11H2,1-2H3,(H,19,21). The number of phenols is 1.